The van der Waals surface area contributed by atoms with Crippen molar-refractivity contribution in [2.75, 3.05) is 17.7 Å². The number of aromatic nitrogens is 1. The first kappa shape index (κ1) is 17.2. The normalized spacial score (nSPS) is 10.0. The average molecular weight is 347 g/mol. The first-order valence-electron chi connectivity index (χ1n) is 7.92. The lowest BCUT2D eigenvalue weighted by Gasteiger charge is -2.08. The Morgan fingerprint density at radius 3 is 1.92 bits per heavy atom. The molecule has 0 saturated carbocycles. The molecule has 0 aliphatic heterocycles. The third-order valence-electron chi connectivity index (χ3n) is 3.68. The van der Waals surface area contributed by atoms with Crippen LogP contribution in [0.4, 0.5) is 11.4 Å². The molecular formula is C20H17N3O3. The summed E-state index contributed by atoms with van der Waals surface area (Å²) in [6.45, 7) is 0. The lowest BCUT2D eigenvalue weighted by molar-refractivity contribution is 0.101. The van der Waals surface area contributed by atoms with Crippen LogP contribution >= 0.6 is 0 Å². The largest absolute Gasteiger partial charge is 0.497 e. The molecule has 0 atom stereocenters. The lowest BCUT2D eigenvalue weighted by atomic mass is 10.1. The highest BCUT2D eigenvalue weighted by molar-refractivity contribution is 6.06. The van der Waals surface area contributed by atoms with Crippen molar-refractivity contribution in [1.82, 2.24) is 4.98 Å². The van der Waals surface area contributed by atoms with Gasteiger partial charge in [-0.2, -0.15) is 0 Å². The van der Waals surface area contributed by atoms with E-state index < -0.39 is 0 Å². The van der Waals surface area contributed by atoms with Crippen LogP contribution in [0.25, 0.3) is 0 Å². The van der Waals surface area contributed by atoms with Crippen LogP contribution in [0.15, 0.2) is 73.1 Å². The van der Waals surface area contributed by atoms with Crippen molar-refractivity contribution in [2.45, 2.75) is 0 Å². The Hall–Kier alpha value is -3.67. The van der Waals surface area contributed by atoms with Gasteiger partial charge in [-0.1, -0.05) is 0 Å². The molecule has 0 aliphatic carbocycles. The number of nitrogens with zero attached hydrogens (tertiary/aromatic N) is 1. The van der Waals surface area contributed by atoms with Crippen molar-refractivity contribution in [1.29, 1.82) is 0 Å². The van der Waals surface area contributed by atoms with Crippen LogP contribution in [0.1, 0.15) is 20.7 Å². The van der Waals surface area contributed by atoms with E-state index in [4.69, 9.17) is 4.74 Å². The monoisotopic (exact) mass is 347 g/mol. The van der Waals surface area contributed by atoms with E-state index in [2.05, 4.69) is 15.6 Å². The molecule has 2 aromatic carbocycles. The SMILES string of the molecule is COc1ccc(NC(=O)c2ccc(NC(=O)c3cccnc3)cc2)cc1. The maximum absolute atomic E-state index is 12.3. The molecule has 3 aromatic rings. The van der Waals surface area contributed by atoms with Crippen LogP contribution in [-0.2, 0) is 0 Å². The molecule has 6 heteroatoms. The maximum atomic E-state index is 12.3. The topological polar surface area (TPSA) is 80.3 Å². The number of nitrogens with one attached hydrogen (secondary N) is 2. The van der Waals surface area contributed by atoms with Gasteiger partial charge in [-0.15, -0.1) is 0 Å². The summed E-state index contributed by atoms with van der Waals surface area (Å²) in [6, 6.07) is 17.1. The number of hydrogen-bond donors (Lipinski definition) is 2. The minimum absolute atomic E-state index is 0.236. The van der Waals surface area contributed by atoms with Gasteiger partial charge in [0.05, 0.1) is 12.7 Å². The van der Waals surface area contributed by atoms with Gasteiger partial charge in [0.25, 0.3) is 11.8 Å². The van der Waals surface area contributed by atoms with E-state index >= 15 is 0 Å². The summed E-state index contributed by atoms with van der Waals surface area (Å²) in [4.78, 5) is 28.3. The molecule has 0 fully saturated rings. The molecule has 2 N–H and O–H groups in total. The summed E-state index contributed by atoms with van der Waals surface area (Å²) in [5.74, 6) is 0.227. The number of amides is 2. The van der Waals surface area contributed by atoms with Crippen molar-refractivity contribution >= 4 is 23.2 Å². The zero-order chi connectivity index (χ0) is 18.4. The quantitative estimate of drug-likeness (QED) is 0.739. The van der Waals surface area contributed by atoms with Gasteiger partial charge in [-0.3, -0.25) is 14.6 Å². The molecule has 2 amide bonds. The Labute approximate surface area is 150 Å². The van der Waals surface area contributed by atoms with Crippen LogP contribution in [0.3, 0.4) is 0 Å². The maximum Gasteiger partial charge on any atom is 0.257 e. The van der Waals surface area contributed by atoms with Gasteiger partial charge in [-0.25, -0.2) is 0 Å². The second kappa shape index (κ2) is 7.94. The smallest absolute Gasteiger partial charge is 0.257 e. The molecular weight excluding hydrogens is 330 g/mol. The molecule has 0 unspecified atom stereocenters. The number of rotatable bonds is 5. The van der Waals surface area contributed by atoms with Crippen molar-refractivity contribution in [3.63, 3.8) is 0 Å². The summed E-state index contributed by atoms with van der Waals surface area (Å²) < 4.78 is 5.08. The molecule has 0 bridgehead atoms. The van der Waals surface area contributed by atoms with Crippen molar-refractivity contribution in [2.24, 2.45) is 0 Å². The van der Waals surface area contributed by atoms with Crippen LogP contribution < -0.4 is 15.4 Å². The first-order chi connectivity index (χ1) is 12.7. The van der Waals surface area contributed by atoms with E-state index in [0.29, 0.717) is 22.5 Å². The molecule has 130 valence electrons. The summed E-state index contributed by atoms with van der Waals surface area (Å²) in [6.07, 6.45) is 3.10. The molecule has 3 rings (SSSR count). The van der Waals surface area contributed by atoms with E-state index in [9.17, 15) is 9.59 Å². The minimum Gasteiger partial charge on any atom is -0.497 e. The third kappa shape index (κ3) is 4.24. The van der Waals surface area contributed by atoms with E-state index in [1.54, 1.807) is 74.0 Å². The predicted molar refractivity (Wildman–Crippen MR) is 99.6 cm³/mol. The number of benzene rings is 2. The summed E-state index contributed by atoms with van der Waals surface area (Å²) >= 11 is 0. The van der Waals surface area contributed by atoms with E-state index in [1.165, 1.54) is 6.20 Å². The highest BCUT2D eigenvalue weighted by atomic mass is 16.5. The number of pyridine rings is 1. The van der Waals surface area contributed by atoms with Crippen LogP contribution in [0.2, 0.25) is 0 Å². The fraction of sp³-hybridized carbons (Fsp3) is 0.0500. The average Bonchev–Trinajstić information content (AvgIpc) is 2.69. The standard InChI is InChI=1S/C20H17N3O3/c1-26-18-10-8-17(9-11-18)22-19(24)14-4-6-16(7-5-14)23-20(25)15-3-2-12-21-13-15/h2-13H,1H3,(H,22,24)(H,23,25). The van der Waals surface area contributed by atoms with Gasteiger partial charge < -0.3 is 15.4 Å². The molecule has 0 saturated heterocycles. The number of ether oxygens (including phenoxy) is 1. The van der Waals surface area contributed by atoms with Crippen LogP contribution in [0.5, 0.6) is 5.75 Å². The van der Waals surface area contributed by atoms with Crippen LogP contribution in [-0.4, -0.2) is 23.9 Å². The van der Waals surface area contributed by atoms with Gasteiger partial charge in [-0.05, 0) is 60.7 Å². The molecule has 0 spiro atoms. The summed E-state index contributed by atoms with van der Waals surface area (Å²) in [5, 5.41) is 5.57. The Balaban J connectivity index is 1.63. The minimum atomic E-state index is -0.256. The first-order valence-corrected chi connectivity index (χ1v) is 7.92. The highest BCUT2D eigenvalue weighted by Gasteiger charge is 2.08. The number of methoxy groups -OCH3 is 1. The van der Waals surface area contributed by atoms with Gasteiger partial charge >= 0.3 is 0 Å². The van der Waals surface area contributed by atoms with Gasteiger partial charge in [0.15, 0.2) is 0 Å². The van der Waals surface area contributed by atoms with E-state index in [0.717, 1.165) is 5.75 Å². The molecule has 6 nitrogen and oxygen atoms in total. The zero-order valence-electron chi connectivity index (χ0n) is 14.1. The highest BCUT2D eigenvalue weighted by Crippen LogP contribution is 2.17. The van der Waals surface area contributed by atoms with Crippen molar-refractivity contribution in [3.05, 3.63) is 84.2 Å². The number of hydrogen-bond acceptors (Lipinski definition) is 4. The second-order valence-electron chi connectivity index (χ2n) is 5.46. The number of anilines is 2. The summed E-state index contributed by atoms with van der Waals surface area (Å²) in [5.41, 5.74) is 2.22. The predicted octanol–water partition coefficient (Wildman–Crippen LogP) is 3.59. The Morgan fingerprint density at radius 2 is 1.38 bits per heavy atom. The molecule has 0 aliphatic rings. The molecule has 0 radical (unpaired) electrons. The van der Waals surface area contributed by atoms with Crippen molar-refractivity contribution < 1.29 is 14.3 Å². The fourth-order valence-corrected chi connectivity index (χ4v) is 2.28. The van der Waals surface area contributed by atoms with E-state index in [1.807, 2.05) is 0 Å². The zero-order valence-corrected chi connectivity index (χ0v) is 14.1. The Bertz CT molecular complexity index is 892. The number of carbonyl (C=O) groups is 2. The number of carbonyl (C=O) groups excluding carboxylic acids is 2. The fourth-order valence-electron chi connectivity index (χ4n) is 2.28. The molecule has 26 heavy (non-hydrogen) atoms. The lowest BCUT2D eigenvalue weighted by Crippen LogP contribution is -2.13. The van der Waals surface area contributed by atoms with Gasteiger partial charge in [0, 0.05) is 29.3 Å². The Kier molecular flexibility index (Phi) is 5.24. The van der Waals surface area contributed by atoms with Crippen LogP contribution in [0, 0.1) is 0 Å². The third-order valence-corrected chi connectivity index (χ3v) is 3.68. The molecule has 1 aromatic heterocycles. The van der Waals surface area contributed by atoms with Gasteiger partial charge in [0.1, 0.15) is 5.75 Å². The van der Waals surface area contributed by atoms with Crippen molar-refractivity contribution in [3.8, 4) is 5.75 Å². The second-order valence-corrected chi connectivity index (χ2v) is 5.46. The van der Waals surface area contributed by atoms with Gasteiger partial charge in [0.2, 0.25) is 0 Å². The summed E-state index contributed by atoms with van der Waals surface area (Å²) in [7, 11) is 1.59. The van der Waals surface area contributed by atoms with E-state index in [-0.39, 0.29) is 11.8 Å². The molecule has 1 heterocycles. The Morgan fingerprint density at radius 1 is 0.808 bits per heavy atom.